The van der Waals surface area contributed by atoms with Crippen LogP contribution in [0.15, 0.2) is 103 Å². The topological polar surface area (TPSA) is 175 Å². The van der Waals surface area contributed by atoms with Crippen molar-refractivity contribution in [1.29, 1.82) is 0 Å². The molecule has 0 saturated carbocycles. The average molecular weight is 823 g/mol. The summed E-state index contributed by atoms with van der Waals surface area (Å²) >= 11 is 0. The molecule has 2 aliphatic rings. The summed E-state index contributed by atoms with van der Waals surface area (Å²) in [5.41, 5.74) is 6.52. The Balaban J connectivity index is 0.942. The molecule has 314 valence electrons. The molecule has 0 aliphatic carbocycles. The zero-order chi connectivity index (χ0) is 42.6. The van der Waals surface area contributed by atoms with Gasteiger partial charge in [0.1, 0.15) is 23.7 Å². The van der Waals surface area contributed by atoms with Crippen LogP contribution in [0, 0.1) is 5.92 Å². The Bertz CT molecular complexity index is 2530. The Morgan fingerprint density at radius 3 is 1.74 bits per heavy atom. The van der Waals surface area contributed by atoms with Crippen molar-refractivity contribution in [3.63, 3.8) is 0 Å². The summed E-state index contributed by atoms with van der Waals surface area (Å²) in [4.78, 5) is 71.7. The Hall–Kier alpha value is -6.96. The Labute approximate surface area is 354 Å². The summed E-state index contributed by atoms with van der Waals surface area (Å²) in [6, 6.07) is 28.2. The van der Waals surface area contributed by atoms with Gasteiger partial charge < -0.3 is 39.9 Å². The van der Waals surface area contributed by atoms with Crippen molar-refractivity contribution in [3.8, 4) is 33.6 Å². The highest BCUT2D eigenvalue weighted by atomic mass is 16.5. The lowest BCUT2D eigenvalue weighted by Gasteiger charge is -2.30. The number of aromatic amines is 2. The predicted octanol–water partition coefficient (Wildman–Crippen LogP) is 8.09. The largest absolute Gasteiger partial charge is 0.453 e. The molecule has 4 atom stereocenters. The summed E-state index contributed by atoms with van der Waals surface area (Å²) in [5, 5.41) is 7.60. The van der Waals surface area contributed by atoms with Crippen LogP contribution in [0.3, 0.4) is 0 Å². The number of ether oxygens (including phenoxy) is 2. The van der Waals surface area contributed by atoms with E-state index in [-0.39, 0.29) is 29.8 Å². The van der Waals surface area contributed by atoms with E-state index in [4.69, 9.17) is 19.4 Å². The lowest BCUT2D eigenvalue weighted by Crippen LogP contribution is -2.51. The number of rotatable bonds is 11. The minimum absolute atomic E-state index is 0.108. The molecule has 1 unspecified atom stereocenters. The normalized spacial score (nSPS) is 17.3. The van der Waals surface area contributed by atoms with Gasteiger partial charge in [0.15, 0.2) is 0 Å². The molecule has 4 amide bonds. The van der Waals surface area contributed by atoms with Crippen LogP contribution < -0.4 is 10.6 Å². The second-order valence-electron chi connectivity index (χ2n) is 15.9. The number of nitrogens with one attached hydrogen (secondary N) is 4. The number of aromatic nitrogens is 4. The van der Waals surface area contributed by atoms with Gasteiger partial charge in [0.05, 0.1) is 50.1 Å². The summed E-state index contributed by atoms with van der Waals surface area (Å²) in [6.45, 7) is 4.95. The van der Waals surface area contributed by atoms with Crippen LogP contribution in [0.25, 0.3) is 44.4 Å². The maximum atomic E-state index is 13.9. The smallest absolute Gasteiger partial charge is 0.407 e. The first-order chi connectivity index (χ1) is 29.6. The molecule has 4 N–H and O–H groups in total. The number of hydrogen-bond donors (Lipinski definition) is 4. The molecule has 4 aromatic carbocycles. The number of imidazole rings is 2. The van der Waals surface area contributed by atoms with E-state index >= 15 is 0 Å². The number of alkyl carbamates (subject to hydrolysis) is 2. The van der Waals surface area contributed by atoms with Crippen LogP contribution in [-0.2, 0) is 19.1 Å². The fourth-order valence-electron chi connectivity index (χ4n) is 8.52. The minimum atomic E-state index is -0.880. The van der Waals surface area contributed by atoms with Crippen LogP contribution >= 0.6 is 0 Å². The van der Waals surface area contributed by atoms with Crippen LogP contribution in [0.5, 0.6) is 0 Å². The first-order valence-corrected chi connectivity index (χ1v) is 20.7. The molecular formula is C47H50N8O6. The average Bonchev–Trinajstić information content (AvgIpc) is 4.14. The maximum Gasteiger partial charge on any atom is 0.407 e. The molecule has 0 bridgehead atoms. The minimum Gasteiger partial charge on any atom is -0.453 e. The third kappa shape index (κ3) is 8.56. The van der Waals surface area contributed by atoms with Crippen LogP contribution in [0.2, 0.25) is 0 Å². The van der Waals surface area contributed by atoms with E-state index in [0.717, 1.165) is 75.9 Å². The highest BCUT2D eigenvalue weighted by molar-refractivity contribution is 5.91. The van der Waals surface area contributed by atoms with Gasteiger partial charge in [0.25, 0.3) is 5.91 Å². The highest BCUT2D eigenvalue weighted by Gasteiger charge is 2.39. The standard InChI is InChI=1S/C47H50N8O6/c1-28(2)40(52-46(58)60-3)44(56)54-22-8-12-38(54)43-49-27-37(51-43)35-21-20-33-24-32(18-19-34(33)25-35)29-14-16-30(17-15-29)36-26-48-42(50-36)39-13-9-23-55(39)45(57)41(53-47(59)61-4)31-10-6-5-7-11-31/h5-7,10-11,14-21,24-28,38-41H,8-9,12-13,22-23H2,1-4H3,(H,48,50)(H,49,51)(H,52,58)(H,53,59)/t38-,39-,40?,41-/m0/s1. The molecule has 4 heterocycles. The molecule has 0 radical (unpaired) electrons. The molecule has 2 fully saturated rings. The van der Waals surface area contributed by atoms with E-state index in [2.05, 4.69) is 81.3 Å². The number of carbonyl (C=O) groups is 4. The van der Waals surface area contributed by atoms with Crippen molar-refractivity contribution in [2.24, 2.45) is 5.92 Å². The Morgan fingerprint density at radius 2 is 1.15 bits per heavy atom. The number of amides is 4. The van der Waals surface area contributed by atoms with Gasteiger partial charge in [-0.15, -0.1) is 0 Å². The van der Waals surface area contributed by atoms with Crippen molar-refractivity contribution in [3.05, 3.63) is 121 Å². The predicted molar refractivity (Wildman–Crippen MR) is 231 cm³/mol. The quantitative estimate of drug-likeness (QED) is 0.101. The number of nitrogens with zero attached hydrogens (tertiary/aromatic N) is 4. The number of methoxy groups -OCH3 is 2. The van der Waals surface area contributed by atoms with Gasteiger partial charge in [-0.1, -0.05) is 92.7 Å². The van der Waals surface area contributed by atoms with Crippen LogP contribution in [0.4, 0.5) is 9.59 Å². The Kier molecular flexibility index (Phi) is 11.9. The van der Waals surface area contributed by atoms with Gasteiger partial charge in [-0.2, -0.15) is 0 Å². The van der Waals surface area contributed by atoms with Gasteiger partial charge in [-0.25, -0.2) is 19.6 Å². The molecule has 2 saturated heterocycles. The van der Waals surface area contributed by atoms with Crippen molar-refractivity contribution < 1.29 is 28.7 Å². The number of hydrogen-bond acceptors (Lipinski definition) is 8. The number of benzene rings is 4. The zero-order valence-corrected chi connectivity index (χ0v) is 34.7. The molecule has 2 aromatic heterocycles. The molecule has 8 rings (SSSR count). The molecule has 61 heavy (non-hydrogen) atoms. The number of likely N-dealkylation sites (tertiary alicyclic amines) is 2. The Morgan fingerprint density at radius 1 is 0.639 bits per heavy atom. The van der Waals surface area contributed by atoms with Crippen molar-refractivity contribution in [1.82, 2.24) is 40.4 Å². The van der Waals surface area contributed by atoms with Crippen LogP contribution in [0.1, 0.15) is 74.9 Å². The van der Waals surface area contributed by atoms with Crippen LogP contribution in [-0.4, -0.2) is 87.1 Å². The third-order valence-electron chi connectivity index (χ3n) is 11.8. The van der Waals surface area contributed by atoms with Gasteiger partial charge in [0.2, 0.25) is 5.91 Å². The van der Waals surface area contributed by atoms with E-state index in [1.165, 1.54) is 14.2 Å². The number of H-pyrrole nitrogens is 2. The molecule has 14 heteroatoms. The van der Waals surface area contributed by atoms with Gasteiger partial charge >= 0.3 is 12.2 Å². The molecule has 2 aliphatic heterocycles. The van der Waals surface area contributed by atoms with E-state index in [9.17, 15) is 19.2 Å². The second kappa shape index (κ2) is 17.7. The monoisotopic (exact) mass is 822 g/mol. The first-order valence-electron chi connectivity index (χ1n) is 20.7. The van der Waals surface area contributed by atoms with E-state index in [1.807, 2.05) is 55.3 Å². The van der Waals surface area contributed by atoms with Gasteiger partial charge in [-0.3, -0.25) is 9.59 Å². The van der Waals surface area contributed by atoms with Crippen molar-refractivity contribution >= 4 is 34.8 Å². The molecule has 14 nitrogen and oxygen atoms in total. The fourth-order valence-corrected chi connectivity index (χ4v) is 8.52. The van der Waals surface area contributed by atoms with E-state index in [1.54, 1.807) is 11.1 Å². The summed E-state index contributed by atoms with van der Waals surface area (Å²) in [6.07, 6.45) is 5.53. The number of carbonyl (C=O) groups excluding carboxylic acids is 4. The second-order valence-corrected chi connectivity index (χ2v) is 15.9. The SMILES string of the molecule is COC(=O)NC(C(=O)N1CCC[C@H]1c1ncc(-c2ccc3cc(-c4ccc(-c5cnc([C@@H]6CCCN6C(=O)[C@@H](NC(=O)OC)c6ccccc6)[nH]5)cc4)ccc3c2)[nH]1)C(C)C. The molecular weight excluding hydrogens is 773 g/mol. The lowest BCUT2D eigenvalue weighted by molar-refractivity contribution is -0.135. The highest BCUT2D eigenvalue weighted by Crippen LogP contribution is 2.36. The number of fused-ring (bicyclic) bond motifs is 1. The van der Waals surface area contributed by atoms with E-state index in [0.29, 0.717) is 24.5 Å². The van der Waals surface area contributed by atoms with Crippen molar-refractivity contribution in [2.45, 2.75) is 63.7 Å². The zero-order valence-electron chi connectivity index (χ0n) is 34.7. The summed E-state index contributed by atoms with van der Waals surface area (Å²) < 4.78 is 9.60. The van der Waals surface area contributed by atoms with E-state index < -0.39 is 24.3 Å². The molecule has 6 aromatic rings. The summed E-state index contributed by atoms with van der Waals surface area (Å²) in [5.74, 6) is 0.972. The molecule has 0 spiro atoms. The van der Waals surface area contributed by atoms with Crippen molar-refractivity contribution in [2.75, 3.05) is 27.3 Å². The maximum absolute atomic E-state index is 13.9. The lowest BCUT2D eigenvalue weighted by atomic mass is 9.98. The fraction of sp³-hybridized carbons (Fsp3) is 0.319. The first kappa shape index (κ1) is 40.8. The summed E-state index contributed by atoms with van der Waals surface area (Å²) in [7, 11) is 2.57. The van der Waals surface area contributed by atoms with Gasteiger partial charge in [-0.05, 0) is 76.8 Å². The third-order valence-corrected chi connectivity index (χ3v) is 11.8. The van der Waals surface area contributed by atoms with Gasteiger partial charge in [0, 0.05) is 18.7 Å².